The van der Waals surface area contributed by atoms with Crippen molar-refractivity contribution < 1.29 is 13.5 Å². The van der Waals surface area contributed by atoms with Crippen LogP contribution in [-0.4, -0.2) is 54.7 Å². The Labute approximate surface area is 201 Å². The standard InChI is InChI=1S/C29H32F2N2O/c30-25-12-8-23(9-13-25)29(24-10-14-26(31)15-11-24)34-18-17-33-21-27-19-28(33)20-32(27)16-4-7-22-5-2-1-3-6-22/h1-3,5-6,8-15,27-29H,4,7,16-21H2/t27-,28-/m0/s1. The Morgan fingerprint density at radius 3 is 1.85 bits per heavy atom. The molecule has 0 radical (unpaired) electrons. The van der Waals surface area contributed by atoms with Crippen molar-refractivity contribution in [2.75, 3.05) is 32.8 Å². The monoisotopic (exact) mass is 462 g/mol. The predicted octanol–water partition coefficient (Wildman–Crippen LogP) is 5.46. The molecule has 0 spiro atoms. The van der Waals surface area contributed by atoms with Crippen molar-refractivity contribution in [3.63, 3.8) is 0 Å². The fourth-order valence-electron chi connectivity index (χ4n) is 5.46. The van der Waals surface area contributed by atoms with Gasteiger partial charge < -0.3 is 4.74 Å². The number of hydrogen-bond acceptors (Lipinski definition) is 3. The van der Waals surface area contributed by atoms with Crippen LogP contribution in [0.15, 0.2) is 78.9 Å². The maximum absolute atomic E-state index is 13.4. The van der Waals surface area contributed by atoms with Gasteiger partial charge in [0.05, 0.1) is 6.61 Å². The van der Waals surface area contributed by atoms with Gasteiger partial charge in [0.15, 0.2) is 0 Å². The average Bonchev–Trinajstić information content (AvgIpc) is 3.44. The number of aryl methyl sites for hydroxylation is 1. The fraction of sp³-hybridized carbons (Fsp3) is 0.379. The molecule has 5 rings (SSSR count). The fourth-order valence-corrected chi connectivity index (χ4v) is 5.46. The molecule has 3 nitrogen and oxygen atoms in total. The second-order valence-corrected chi connectivity index (χ2v) is 9.48. The summed E-state index contributed by atoms with van der Waals surface area (Å²) in [5.41, 5.74) is 3.17. The minimum absolute atomic E-state index is 0.275. The molecular formula is C29H32F2N2O. The Morgan fingerprint density at radius 1 is 0.735 bits per heavy atom. The van der Waals surface area contributed by atoms with E-state index in [0.717, 1.165) is 43.7 Å². The second kappa shape index (κ2) is 10.8. The molecule has 178 valence electrons. The molecule has 0 aromatic heterocycles. The molecule has 2 heterocycles. The van der Waals surface area contributed by atoms with Crippen LogP contribution < -0.4 is 0 Å². The summed E-state index contributed by atoms with van der Waals surface area (Å²) in [6, 6.07) is 24.7. The van der Waals surface area contributed by atoms with Crippen molar-refractivity contribution in [2.24, 2.45) is 0 Å². The van der Waals surface area contributed by atoms with Gasteiger partial charge >= 0.3 is 0 Å². The van der Waals surface area contributed by atoms with Crippen LogP contribution >= 0.6 is 0 Å². The van der Waals surface area contributed by atoms with Gasteiger partial charge in [0.25, 0.3) is 0 Å². The summed E-state index contributed by atoms with van der Waals surface area (Å²) >= 11 is 0. The van der Waals surface area contributed by atoms with Gasteiger partial charge in [-0.05, 0) is 66.8 Å². The minimum Gasteiger partial charge on any atom is -0.367 e. The number of piperazine rings is 1. The van der Waals surface area contributed by atoms with Crippen molar-refractivity contribution in [3.8, 4) is 0 Å². The molecule has 2 fully saturated rings. The zero-order valence-corrected chi connectivity index (χ0v) is 19.5. The molecule has 3 aromatic rings. The zero-order valence-electron chi connectivity index (χ0n) is 19.5. The Balaban J connectivity index is 1.12. The Morgan fingerprint density at radius 2 is 1.29 bits per heavy atom. The number of fused-ring (bicyclic) bond motifs is 2. The smallest absolute Gasteiger partial charge is 0.123 e. The molecular weight excluding hydrogens is 430 g/mol. The third-order valence-electron chi connectivity index (χ3n) is 7.23. The predicted molar refractivity (Wildman–Crippen MR) is 131 cm³/mol. The van der Waals surface area contributed by atoms with Crippen molar-refractivity contribution in [1.29, 1.82) is 0 Å². The number of benzene rings is 3. The van der Waals surface area contributed by atoms with E-state index in [1.165, 1.54) is 42.7 Å². The maximum Gasteiger partial charge on any atom is 0.123 e. The van der Waals surface area contributed by atoms with Crippen LogP contribution in [0, 0.1) is 11.6 Å². The number of halogens is 2. The summed E-state index contributed by atoms with van der Waals surface area (Å²) < 4.78 is 33.2. The quantitative estimate of drug-likeness (QED) is 0.398. The molecule has 5 heteroatoms. The van der Waals surface area contributed by atoms with E-state index in [-0.39, 0.29) is 17.7 Å². The number of hydrogen-bond donors (Lipinski definition) is 0. The largest absolute Gasteiger partial charge is 0.367 e. The van der Waals surface area contributed by atoms with Crippen LogP contribution in [0.3, 0.4) is 0 Å². The van der Waals surface area contributed by atoms with Gasteiger partial charge in [0, 0.05) is 31.7 Å². The van der Waals surface area contributed by atoms with Crippen LogP contribution in [0.1, 0.15) is 35.6 Å². The van der Waals surface area contributed by atoms with Crippen LogP contribution in [0.2, 0.25) is 0 Å². The van der Waals surface area contributed by atoms with Gasteiger partial charge in [-0.1, -0.05) is 54.6 Å². The highest BCUT2D eigenvalue weighted by Gasteiger charge is 2.42. The van der Waals surface area contributed by atoms with Gasteiger partial charge in [-0.2, -0.15) is 0 Å². The van der Waals surface area contributed by atoms with E-state index in [0.29, 0.717) is 18.7 Å². The van der Waals surface area contributed by atoms with Crippen LogP contribution in [0.25, 0.3) is 0 Å². The summed E-state index contributed by atoms with van der Waals surface area (Å²) in [6.45, 7) is 4.85. The highest BCUT2D eigenvalue weighted by atomic mass is 19.1. The van der Waals surface area contributed by atoms with E-state index in [1.54, 1.807) is 24.3 Å². The zero-order chi connectivity index (χ0) is 23.3. The van der Waals surface area contributed by atoms with Gasteiger partial charge in [-0.25, -0.2) is 8.78 Å². The molecule has 34 heavy (non-hydrogen) atoms. The highest BCUT2D eigenvalue weighted by Crippen LogP contribution is 2.31. The molecule has 0 N–H and O–H groups in total. The topological polar surface area (TPSA) is 15.7 Å². The lowest BCUT2D eigenvalue weighted by Gasteiger charge is -2.34. The van der Waals surface area contributed by atoms with Crippen molar-refractivity contribution in [1.82, 2.24) is 9.80 Å². The average molecular weight is 463 g/mol. The molecule has 2 atom stereocenters. The van der Waals surface area contributed by atoms with Crippen LogP contribution in [0.5, 0.6) is 0 Å². The van der Waals surface area contributed by atoms with Crippen LogP contribution in [-0.2, 0) is 11.2 Å². The summed E-state index contributed by atoms with van der Waals surface area (Å²) in [4.78, 5) is 5.20. The normalized spacial score (nSPS) is 20.4. The summed E-state index contributed by atoms with van der Waals surface area (Å²) in [7, 11) is 0. The SMILES string of the molecule is Fc1ccc(C(OCCN2C[C@@H]3C[C@H]2CN3CCCc2ccccc2)c2ccc(F)cc2)cc1. The van der Waals surface area contributed by atoms with Crippen molar-refractivity contribution >= 4 is 0 Å². The lowest BCUT2D eigenvalue weighted by Crippen LogP contribution is -2.47. The third kappa shape index (κ3) is 5.54. The van der Waals surface area contributed by atoms with Gasteiger partial charge in [0.2, 0.25) is 0 Å². The van der Waals surface area contributed by atoms with E-state index < -0.39 is 0 Å². The molecule has 2 bridgehead atoms. The van der Waals surface area contributed by atoms with E-state index in [9.17, 15) is 8.78 Å². The first-order valence-electron chi connectivity index (χ1n) is 12.3. The first-order chi connectivity index (χ1) is 16.7. The van der Waals surface area contributed by atoms with Gasteiger partial charge in [-0.3, -0.25) is 9.80 Å². The van der Waals surface area contributed by atoms with E-state index in [4.69, 9.17) is 4.74 Å². The van der Waals surface area contributed by atoms with Crippen molar-refractivity contribution in [3.05, 3.63) is 107 Å². The summed E-state index contributed by atoms with van der Waals surface area (Å²) in [5.74, 6) is -0.550. The molecule has 0 saturated carbocycles. The van der Waals surface area contributed by atoms with Crippen LogP contribution in [0.4, 0.5) is 8.78 Å². The Hall–Kier alpha value is -2.60. The van der Waals surface area contributed by atoms with Crippen molar-refractivity contribution in [2.45, 2.75) is 37.5 Å². The molecule has 0 aliphatic carbocycles. The first-order valence-corrected chi connectivity index (χ1v) is 12.3. The van der Waals surface area contributed by atoms with Gasteiger partial charge in [0.1, 0.15) is 17.7 Å². The maximum atomic E-state index is 13.4. The molecule has 0 unspecified atom stereocenters. The minimum atomic E-state index is -0.338. The first kappa shape index (κ1) is 23.2. The summed E-state index contributed by atoms with van der Waals surface area (Å²) in [5, 5.41) is 0. The van der Waals surface area contributed by atoms with E-state index in [1.807, 2.05) is 0 Å². The number of rotatable bonds is 10. The second-order valence-electron chi connectivity index (χ2n) is 9.48. The van der Waals surface area contributed by atoms with E-state index in [2.05, 4.69) is 40.1 Å². The molecule has 2 aliphatic heterocycles. The molecule has 2 aliphatic rings. The third-order valence-corrected chi connectivity index (χ3v) is 7.23. The number of likely N-dealkylation sites (tertiary alicyclic amines) is 2. The lowest BCUT2D eigenvalue weighted by atomic mass is 10.0. The Kier molecular flexibility index (Phi) is 7.33. The summed E-state index contributed by atoms with van der Waals surface area (Å²) in [6.07, 6.45) is 3.24. The van der Waals surface area contributed by atoms with Gasteiger partial charge in [-0.15, -0.1) is 0 Å². The highest BCUT2D eigenvalue weighted by molar-refractivity contribution is 5.30. The molecule has 2 saturated heterocycles. The molecule has 0 amide bonds. The van der Waals surface area contributed by atoms with E-state index >= 15 is 0 Å². The number of ether oxygens (including phenoxy) is 1. The number of nitrogens with zero attached hydrogens (tertiary/aromatic N) is 2. The Bertz CT molecular complexity index is 996. The molecule has 3 aromatic carbocycles. The lowest BCUT2D eigenvalue weighted by molar-refractivity contribution is 0.0432.